The lowest BCUT2D eigenvalue weighted by Crippen LogP contribution is -1.89. The van der Waals surface area contributed by atoms with Gasteiger partial charge < -0.3 is 8.83 Å². The van der Waals surface area contributed by atoms with Gasteiger partial charge in [-0.3, -0.25) is 0 Å². The van der Waals surface area contributed by atoms with Crippen molar-refractivity contribution in [3.63, 3.8) is 0 Å². The van der Waals surface area contributed by atoms with Crippen LogP contribution in [0.4, 0.5) is 0 Å². The van der Waals surface area contributed by atoms with Gasteiger partial charge in [0.15, 0.2) is 11.2 Å². The topological polar surface area (TPSA) is 43.4 Å². The van der Waals surface area contributed by atoms with E-state index in [1.54, 1.807) is 0 Å². The Bertz CT molecular complexity index is 812. The summed E-state index contributed by atoms with van der Waals surface area (Å²) in [6, 6.07) is 14.0. The summed E-state index contributed by atoms with van der Waals surface area (Å²) in [5.74, 6) is -0.629. The van der Waals surface area contributed by atoms with Gasteiger partial charge in [-0.1, -0.05) is 75.1 Å². The van der Waals surface area contributed by atoms with Crippen molar-refractivity contribution in [2.45, 2.75) is 45.4 Å². The van der Waals surface area contributed by atoms with Gasteiger partial charge in [0.25, 0.3) is 0 Å². The van der Waals surface area contributed by atoms with Crippen molar-refractivity contribution in [2.75, 3.05) is 0 Å². The summed E-state index contributed by atoms with van der Waals surface area (Å²) in [4.78, 5) is 11.6. The van der Waals surface area contributed by atoms with Gasteiger partial charge in [-0.25, -0.2) is 4.79 Å². The molecule has 0 aliphatic carbocycles. The van der Waals surface area contributed by atoms with Crippen molar-refractivity contribution >= 4 is 11.2 Å². The third-order valence-corrected chi connectivity index (χ3v) is 4.20. The predicted molar refractivity (Wildman–Crippen MR) is 92.6 cm³/mol. The van der Waals surface area contributed by atoms with Crippen molar-refractivity contribution in [1.29, 1.82) is 0 Å². The van der Waals surface area contributed by atoms with E-state index in [0.29, 0.717) is 11.2 Å². The molecule has 0 N–H and O–H groups in total. The van der Waals surface area contributed by atoms with E-state index in [1.807, 2.05) is 36.4 Å². The molecule has 0 fully saturated rings. The number of unbranched alkanes of at least 4 members (excludes halogenated alkanes) is 4. The molecule has 0 saturated carbocycles. The van der Waals surface area contributed by atoms with Gasteiger partial charge in [-0.2, -0.15) is 0 Å². The van der Waals surface area contributed by atoms with Gasteiger partial charge in [0.2, 0.25) is 0 Å². The lowest BCUT2D eigenvalue weighted by Gasteiger charge is -2.05. The van der Waals surface area contributed by atoms with Gasteiger partial charge in [0.1, 0.15) is 0 Å². The number of aryl methyl sites for hydroxylation is 1. The van der Waals surface area contributed by atoms with E-state index in [0.717, 1.165) is 29.5 Å². The quantitative estimate of drug-likeness (QED) is 0.536. The fraction of sp³-hybridized carbons (Fsp3) is 0.350. The summed E-state index contributed by atoms with van der Waals surface area (Å²) >= 11 is 0. The average molecular weight is 310 g/mol. The molecule has 0 radical (unpaired) electrons. The highest BCUT2D eigenvalue weighted by Crippen LogP contribution is 2.31. The highest BCUT2D eigenvalue weighted by atomic mass is 16.6. The maximum absolute atomic E-state index is 11.6. The zero-order valence-electron chi connectivity index (χ0n) is 13.5. The Balaban J connectivity index is 1.89. The van der Waals surface area contributed by atoms with Crippen LogP contribution in [0.25, 0.3) is 22.3 Å². The largest absolute Gasteiger partial charge is 0.519 e. The minimum atomic E-state index is -0.629. The van der Waals surface area contributed by atoms with Crippen molar-refractivity contribution in [3.8, 4) is 11.1 Å². The van der Waals surface area contributed by atoms with Gasteiger partial charge in [-0.05, 0) is 24.0 Å². The fourth-order valence-corrected chi connectivity index (χ4v) is 2.97. The summed E-state index contributed by atoms with van der Waals surface area (Å²) in [6.45, 7) is 2.21. The van der Waals surface area contributed by atoms with Crippen molar-refractivity contribution in [1.82, 2.24) is 0 Å². The number of hydrogen-bond donors (Lipinski definition) is 0. The smallest absolute Gasteiger partial charge is 0.390 e. The van der Waals surface area contributed by atoms with E-state index in [2.05, 4.69) is 13.0 Å². The van der Waals surface area contributed by atoms with Crippen LogP contribution in [0.2, 0.25) is 0 Å². The molecule has 0 aliphatic rings. The first-order valence-corrected chi connectivity index (χ1v) is 8.40. The average Bonchev–Trinajstić information content (AvgIpc) is 2.97. The highest BCUT2D eigenvalue weighted by molar-refractivity contribution is 5.90. The minimum Gasteiger partial charge on any atom is -0.390 e. The van der Waals surface area contributed by atoms with E-state index in [9.17, 15) is 4.79 Å². The lowest BCUT2D eigenvalue weighted by molar-refractivity contribution is 0.408. The maximum Gasteiger partial charge on any atom is 0.519 e. The van der Waals surface area contributed by atoms with Crippen LogP contribution >= 0.6 is 0 Å². The summed E-state index contributed by atoms with van der Waals surface area (Å²) in [7, 11) is 0. The monoisotopic (exact) mass is 310 g/mol. The Hall–Kier alpha value is -2.29. The van der Waals surface area contributed by atoms with Crippen LogP contribution in [0.1, 0.15) is 44.6 Å². The Labute approximate surface area is 135 Å². The molecule has 3 aromatic rings. The van der Waals surface area contributed by atoms with Gasteiger partial charge >= 0.3 is 5.82 Å². The van der Waals surface area contributed by atoms with E-state index in [-0.39, 0.29) is 0 Å². The maximum atomic E-state index is 11.6. The Morgan fingerprint density at radius 3 is 2.35 bits per heavy atom. The second-order valence-corrected chi connectivity index (χ2v) is 5.91. The van der Waals surface area contributed by atoms with E-state index in [1.165, 1.54) is 25.7 Å². The molecule has 3 nitrogen and oxygen atoms in total. The van der Waals surface area contributed by atoms with Crippen molar-refractivity contribution in [2.24, 2.45) is 0 Å². The van der Waals surface area contributed by atoms with Crippen LogP contribution in [0.3, 0.4) is 0 Å². The number of benzene rings is 2. The molecule has 2 aromatic carbocycles. The molecule has 0 bridgehead atoms. The molecule has 3 rings (SSSR count). The molecule has 1 heterocycles. The minimum absolute atomic E-state index is 0.562. The number of hydrogen-bond acceptors (Lipinski definition) is 3. The summed E-state index contributed by atoms with van der Waals surface area (Å²) in [5, 5.41) is 0. The normalized spacial score (nSPS) is 11.2. The zero-order chi connectivity index (χ0) is 16.1. The molecule has 120 valence electrons. The molecule has 0 atom stereocenters. The first kappa shape index (κ1) is 15.6. The van der Waals surface area contributed by atoms with E-state index >= 15 is 0 Å². The van der Waals surface area contributed by atoms with Crippen LogP contribution in [0, 0.1) is 0 Å². The SMILES string of the molecule is CCCCCCCc1ccc(-c2ccccc2)c2oc(=O)oc12. The molecule has 0 saturated heterocycles. The van der Waals surface area contributed by atoms with Crippen LogP contribution in [-0.4, -0.2) is 0 Å². The zero-order valence-corrected chi connectivity index (χ0v) is 13.5. The first-order valence-electron chi connectivity index (χ1n) is 8.40. The number of fused-ring (bicyclic) bond motifs is 1. The van der Waals surface area contributed by atoms with Crippen molar-refractivity contribution in [3.05, 3.63) is 58.6 Å². The first-order chi connectivity index (χ1) is 11.3. The molecule has 1 aromatic heterocycles. The number of rotatable bonds is 7. The standard InChI is InChI=1S/C20H22O3/c1-2-3-4-5-7-12-16-13-14-17(15-10-8-6-9-11-15)19-18(16)22-20(21)23-19/h6,8-11,13-14H,2-5,7,12H2,1H3. The Morgan fingerprint density at radius 1 is 0.826 bits per heavy atom. The second-order valence-electron chi connectivity index (χ2n) is 5.91. The molecular formula is C20H22O3. The third-order valence-electron chi connectivity index (χ3n) is 4.20. The van der Waals surface area contributed by atoms with E-state index in [4.69, 9.17) is 8.83 Å². The fourth-order valence-electron chi connectivity index (χ4n) is 2.97. The summed E-state index contributed by atoms with van der Waals surface area (Å²) in [5.41, 5.74) is 4.15. The Kier molecular flexibility index (Phi) is 4.96. The third kappa shape index (κ3) is 3.55. The lowest BCUT2D eigenvalue weighted by atomic mass is 9.99. The molecule has 0 amide bonds. The van der Waals surface area contributed by atoms with Gasteiger partial charge in [0, 0.05) is 5.56 Å². The van der Waals surface area contributed by atoms with Crippen LogP contribution in [0.5, 0.6) is 0 Å². The van der Waals surface area contributed by atoms with Crippen LogP contribution in [0.15, 0.2) is 56.1 Å². The Morgan fingerprint density at radius 2 is 1.57 bits per heavy atom. The predicted octanol–water partition coefficient (Wildman–Crippen LogP) is 5.57. The molecule has 0 unspecified atom stereocenters. The van der Waals surface area contributed by atoms with Gasteiger partial charge in [0.05, 0.1) is 0 Å². The van der Waals surface area contributed by atoms with Crippen LogP contribution in [-0.2, 0) is 6.42 Å². The summed E-state index contributed by atoms with van der Waals surface area (Å²) < 4.78 is 10.6. The van der Waals surface area contributed by atoms with E-state index < -0.39 is 5.82 Å². The molecular weight excluding hydrogens is 288 g/mol. The van der Waals surface area contributed by atoms with Crippen LogP contribution < -0.4 is 5.82 Å². The molecule has 23 heavy (non-hydrogen) atoms. The summed E-state index contributed by atoms with van der Waals surface area (Å²) in [6.07, 6.45) is 7.01. The molecule has 0 aliphatic heterocycles. The van der Waals surface area contributed by atoms with Gasteiger partial charge in [-0.15, -0.1) is 0 Å². The second kappa shape index (κ2) is 7.32. The highest BCUT2D eigenvalue weighted by Gasteiger charge is 2.15. The molecule has 3 heteroatoms. The van der Waals surface area contributed by atoms with Crippen molar-refractivity contribution < 1.29 is 8.83 Å². The molecule has 0 spiro atoms.